The average molecular weight is 421 g/mol. The number of carbonyl (C=O) groups excluding carboxylic acids is 1. The SMILES string of the molecule is Cn1ccc2cc(-c3cccc(S(=O)(=O)n4ccc(C=CC(=O)NO)c4)c3)ccc21. The van der Waals surface area contributed by atoms with Crippen LogP contribution in [0, 0.1) is 0 Å². The van der Waals surface area contributed by atoms with Gasteiger partial charge in [0.25, 0.3) is 15.9 Å². The van der Waals surface area contributed by atoms with E-state index in [1.54, 1.807) is 24.3 Å². The molecule has 0 aliphatic heterocycles. The van der Waals surface area contributed by atoms with Gasteiger partial charge in [0.1, 0.15) is 0 Å². The standard InChI is InChI=1S/C22H19N3O4S/c1-24-11-10-19-13-18(6-7-21(19)24)17-3-2-4-20(14-17)30(28,29)25-12-9-16(15-25)5-8-22(26)23-27/h2-15,27H,1H3,(H,23,26). The number of aromatic nitrogens is 2. The van der Waals surface area contributed by atoms with Crippen LogP contribution in [0.3, 0.4) is 0 Å². The molecule has 4 aromatic rings. The van der Waals surface area contributed by atoms with Crippen molar-refractivity contribution in [2.24, 2.45) is 7.05 Å². The second-order valence-corrected chi connectivity index (χ2v) is 8.66. The minimum atomic E-state index is -3.80. The number of rotatable bonds is 5. The van der Waals surface area contributed by atoms with Crippen LogP contribution in [0.5, 0.6) is 0 Å². The smallest absolute Gasteiger partial charge is 0.267 e. The molecule has 0 saturated heterocycles. The van der Waals surface area contributed by atoms with Gasteiger partial charge < -0.3 is 4.57 Å². The quantitative estimate of drug-likeness (QED) is 0.293. The number of benzene rings is 2. The highest BCUT2D eigenvalue weighted by atomic mass is 32.2. The fraction of sp³-hybridized carbons (Fsp3) is 0.0455. The zero-order valence-electron chi connectivity index (χ0n) is 16.1. The Hall–Kier alpha value is -3.62. The lowest BCUT2D eigenvalue weighted by atomic mass is 10.0. The van der Waals surface area contributed by atoms with E-state index in [-0.39, 0.29) is 4.90 Å². The molecule has 0 aliphatic rings. The van der Waals surface area contributed by atoms with E-state index in [0.29, 0.717) is 5.56 Å². The van der Waals surface area contributed by atoms with Gasteiger partial charge in [-0.2, -0.15) is 0 Å². The van der Waals surface area contributed by atoms with Gasteiger partial charge in [0.2, 0.25) is 0 Å². The second-order valence-electron chi connectivity index (χ2n) is 6.82. The molecule has 0 spiro atoms. The Balaban J connectivity index is 1.68. The number of nitrogens with zero attached hydrogens (tertiary/aromatic N) is 2. The highest BCUT2D eigenvalue weighted by Crippen LogP contribution is 2.27. The Morgan fingerprint density at radius 2 is 1.83 bits per heavy atom. The van der Waals surface area contributed by atoms with Crippen molar-refractivity contribution in [1.29, 1.82) is 0 Å². The largest absolute Gasteiger partial charge is 0.351 e. The van der Waals surface area contributed by atoms with Crippen LogP contribution in [0.15, 0.2) is 84.2 Å². The lowest BCUT2D eigenvalue weighted by Gasteiger charge is -2.09. The second kappa shape index (κ2) is 7.66. The monoisotopic (exact) mass is 421 g/mol. The van der Waals surface area contributed by atoms with E-state index in [4.69, 9.17) is 5.21 Å². The first-order valence-corrected chi connectivity index (χ1v) is 10.5. The van der Waals surface area contributed by atoms with Gasteiger partial charge in [-0.15, -0.1) is 0 Å². The molecule has 2 heterocycles. The van der Waals surface area contributed by atoms with Crippen LogP contribution < -0.4 is 5.48 Å². The maximum Gasteiger partial charge on any atom is 0.267 e. The van der Waals surface area contributed by atoms with E-state index in [9.17, 15) is 13.2 Å². The van der Waals surface area contributed by atoms with Gasteiger partial charge in [0.05, 0.1) is 4.90 Å². The first kappa shape index (κ1) is 19.7. The first-order chi connectivity index (χ1) is 14.4. The van der Waals surface area contributed by atoms with Crippen LogP contribution >= 0.6 is 0 Å². The molecular weight excluding hydrogens is 402 g/mol. The molecule has 2 aromatic heterocycles. The van der Waals surface area contributed by atoms with Gasteiger partial charge in [0, 0.05) is 42.6 Å². The third kappa shape index (κ3) is 3.66. The van der Waals surface area contributed by atoms with Gasteiger partial charge in [-0.3, -0.25) is 10.0 Å². The maximum absolute atomic E-state index is 13.1. The first-order valence-electron chi connectivity index (χ1n) is 9.10. The van der Waals surface area contributed by atoms with E-state index < -0.39 is 15.9 Å². The molecule has 2 aromatic carbocycles. The molecule has 30 heavy (non-hydrogen) atoms. The van der Waals surface area contributed by atoms with Gasteiger partial charge in [-0.05, 0) is 59.2 Å². The molecule has 152 valence electrons. The number of hydroxylamine groups is 1. The van der Waals surface area contributed by atoms with Crippen LogP contribution in [0.25, 0.3) is 28.1 Å². The predicted octanol–water partition coefficient (Wildman–Crippen LogP) is 3.40. The van der Waals surface area contributed by atoms with E-state index in [1.807, 2.05) is 48.1 Å². The van der Waals surface area contributed by atoms with Gasteiger partial charge >= 0.3 is 0 Å². The summed E-state index contributed by atoms with van der Waals surface area (Å²) in [6.45, 7) is 0. The number of carbonyl (C=O) groups is 1. The van der Waals surface area contributed by atoms with Crippen molar-refractivity contribution in [3.63, 3.8) is 0 Å². The van der Waals surface area contributed by atoms with Gasteiger partial charge in [-0.25, -0.2) is 17.9 Å². The molecule has 0 bridgehead atoms. The summed E-state index contributed by atoms with van der Waals surface area (Å²) in [4.78, 5) is 11.3. The van der Waals surface area contributed by atoms with Crippen LogP contribution in [-0.4, -0.2) is 28.1 Å². The van der Waals surface area contributed by atoms with Crippen molar-refractivity contribution < 1.29 is 18.4 Å². The van der Waals surface area contributed by atoms with Crippen molar-refractivity contribution in [2.75, 3.05) is 0 Å². The Kier molecular flexibility index (Phi) is 5.03. The third-order valence-corrected chi connectivity index (χ3v) is 6.49. The summed E-state index contributed by atoms with van der Waals surface area (Å²) >= 11 is 0. The summed E-state index contributed by atoms with van der Waals surface area (Å²) in [5, 5.41) is 9.60. The summed E-state index contributed by atoms with van der Waals surface area (Å²) in [7, 11) is -1.82. The molecule has 0 fully saturated rings. The molecule has 0 saturated carbocycles. The Morgan fingerprint density at radius 3 is 2.63 bits per heavy atom. The summed E-state index contributed by atoms with van der Waals surface area (Å²) in [5.41, 5.74) is 4.82. The zero-order valence-corrected chi connectivity index (χ0v) is 16.9. The third-order valence-electron chi connectivity index (χ3n) is 4.86. The summed E-state index contributed by atoms with van der Waals surface area (Å²) in [6, 6.07) is 16.4. The fourth-order valence-electron chi connectivity index (χ4n) is 3.27. The van der Waals surface area contributed by atoms with Crippen molar-refractivity contribution in [3.8, 4) is 11.1 Å². The van der Waals surface area contributed by atoms with E-state index in [1.165, 1.54) is 23.9 Å². The number of hydrogen-bond acceptors (Lipinski definition) is 4. The summed E-state index contributed by atoms with van der Waals surface area (Å²) < 4.78 is 29.2. The number of hydrogen-bond donors (Lipinski definition) is 2. The Labute approximate surface area is 173 Å². The molecule has 2 N–H and O–H groups in total. The molecule has 0 unspecified atom stereocenters. The maximum atomic E-state index is 13.1. The highest BCUT2D eigenvalue weighted by molar-refractivity contribution is 7.90. The minimum absolute atomic E-state index is 0.160. The normalized spacial score (nSPS) is 11.9. The average Bonchev–Trinajstić information content (AvgIpc) is 3.39. The van der Waals surface area contributed by atoms with Gasteiger partial charge in [0.15, 0.2) is 0 Å². The molecule has 4 rings (SSSR count). The highest BCUT2D eigenvalue weighted by Gasteiger charge is 2.17. The van der Waals surface area contributed by atoms with E-state index in [2.05, 4.69) is 0 Å². The van der Waals surface area contributed by atoms with E-state index in [0.717, 1.165) is 32.1 Å². The van der Waals surface area contributed by atoms with Crippen molar-refractivity contribution in [1.82, 2.24) is 14.0 Å². The van der Waals surface area contributed by atoms with Gasteiger partial charge in [-0.1, -0.05) is 18.2 Å². The summed E-state index contributed by atoms with van der Waals surface area (Å²) in [6.07, 6.45) is 7.31. The molecule has 7 nitrogen and oxygen atoms in total. The number of aryl methyl sites for hydroxylation is 1. The molecule has 8 heteroatoms. The van der Waals surface area contributed by atoms with Crippen molar-refractivity contribution >= 4 is 32.9 Å². The van der Waals surface area contributed by atoms with E-state index >= 15 is 0 Å². The number of nitrogens with one attached hydrogen (secondary N) is 1. The van der Waals surface area contributed by atoms with Crippen LogP contribution in [-0.2, 0) is 21.9 Å². The molecule has 0 aliphatic carbocycles. The number of fused-ring (bicyclic) bond motifs is 1. The zero-order chi connectivity index (χ0) is 21.3. The van der Waals surface area contributed by atoms with Crippen LogP contribution in [0.1, 0.15) is 5.56 Å². The molecular formula is C22H19N3O4S. The minimum Gasteiger partial charge on any atom is -0.351 e. The number of amides is 1. The lowest BCUT2D eigenvalue weighted by molar-refractivity contribution is -0.124. The van der Waals surface area contributed by atoms with Crippen LogP contribution in [0.4, 0.5) is 0 Å². The predicted molar refractivity (Wildman–Crippen MR) is 114 cm³/mol. The van der Waals surface area contributed by atoms with Crippen LogP contribution in [0.2, 0.25) is 0 Å². The lowest BCUT2D eigenvalue weighted by Crippen LogP contribution is -2.14. The molecule has 1 amide bonds. The molecule has 0 radical (unpaired) electrons. The summed E-state index contributed by atoms with van der Waals surface area (Å²) in [5.74, 6) is -0.700. The Bertz CT molecular complexity index is 1380. The molecule has 0 atom stereocenters. The van der Waals surface area contributed by atoms with Crippen molar-refractivity contribution in [2.45, 2.75) is 4.90 Å². The topological polar surface area (TPSA) is 93.3 Å². The van der Waals surface area contributed by atoms with Crippen molar-refractivity contribution in [3.05, 3.63) is 84.8 Å². The Morgan fingerprint density at radius 1 is 1.03 bits per heavy atom. The fourth-order valence-corrected chi connectivity index (χ4v) is 4.52.